The highest BCUT2D eigenvalue weighted by Crippen LogP contribution is 2.17. The fraction of sp³-hybridized carbons (Fsp3) is 0.286. The summed E-state index contributed by atoms with van der Waals surface area (Å²) in [6, 6.07) is 10.3. The topological polar surface area (TPSA) is 75.0 Å². The largest absolute Gasteiger partial charge is 0.353 e. The lowest BCUT2D eigenvalue weighted by Crippen LogP contribution is -2.45. The Labute approximate surface area is 125 Å². The van der Waals surface area contributed by atoms with Crippen LogP contribution >= 0.6 is 12.4 Å². The molecular formula is C14H20ClN5. The van der Waals surface area contributed by atoms with Gasteiger partial charge < -0.3 is 10.2 Å². The first-order valence-electron chi connectivity index (χ1n) is 6.32. The summed E-state index contributed by atoms with van der Waals surface area (Å²) in [5.41, 5.74) is 1.08. The van der Waals surface area contributed by atoms with Gasteiger partial charge in [0.05, 0.1) is 0 Å². The Bertz CT molecular complexity index is 482. The van der Waals surface area contributed by atoms with Crippen molar-refractivity contribution >= 4 is 30.4 Å². The number of nitrogens with one attached hydrogen (secondary N) is 4. The Morgan fingerprint density at radius 1 is 1.25 bits per heavy atom. The Morgan fingerprint density at radius 2 is 1.90 bits per heavy atom. The lowest BCUT2D eigenvalue weighted by atomic mass is 10.2. The molecule has 0 heterocycles. The molecule has 0 bridgehead atoms. The van der Waals surface area contributed by atoms with Gasteiger partial charge in [-0.15, -0.1) is 12.4 Å². The van der Waals surface area contributed by atoms with Crippen LogP contribution in [-0.2, 0) is 0 Å². The molecular weight excluding hydrogens is 274 g/mol. The first-order valence-corrected chi connectivity index (χ1v) is 6.32. The van der Waals surface area contributed by atoms with Gasteiger partial charge >= 0.3 is 0 Å². The van der Waals surface area contributed by atoms with E-state index >= 15 is 0 Å². The number of benzene rings is 1. The Hall–Kier alpha value is -2.01. The summed E-state index contributed by atoms with van der Waals surface area (Å²) in [4.78, 5) is 1.64. The summed E-state index contributed by atoms with van der Waals surface area (Å²) in [6.07, 6.45) is 5.95. The van der Waals surface area contributed by atoms with Crippen LogP contribution in [0.25, 0.3) is 6.08 Å². The van der Waals surface area contributed by atoms with E-state index in [4.69, 9.17) is 10.8 Å². The van der Waals surface area contributed by atoms with Gasteiger partial charge in [-0.05, 0) is 24.5 Å². The van der Waals surface area contributed by atoms with Crippen molar-refractivity contribution in [2.75, 3.05) is 7.05 Å². The zero-order valence-corrected chi connectivity index (χ0v) is 12.2. The predicted octanol–water partition coefficient (Wildman–Crippen LogP) is 2.22. The van der Waals surface area contributed by atoms with Gasteiger partial charge in [-0.25, -0.2) is 0 Å². The molecule has 108 valence electrons. The predicted molar refractivity (Wildman–Crippen MR) is 85.2 cm³/mol. The van der Waals surface area contributed by atoms with Crippen LogP contribution in [0.5, 0.6) is 0 Å². The van der Waals surface area contributed by atoms with Gasteiger partial charge in [0.2, 0.25) is 5.96 Å². The fourth-order valence-electron chi connectivity index (χ4n) is 1.51. The number of rotatable bonds is 3. The van der Waals surface area contributed by atoms with Crippen LogP contribution in [0.3, 0.4) is 0 Å². The van der Waals surface area contributed by atoms with E-state index in [1.807, 2.05) is 36.4 Å². The molecule has 1 saturated carbocycles. The fourth-order valence-corrected chi connectivity index (χ4v) is 1.51. The quantitative estimate of drug-likeness (QED) is 0.510. The van der Waals surface area contributed by atoms with Crippen LogP contribution < -0.4 is 10.6 Å². The van der Waals surface area contributed by atoms with Crippen molar-refractivity contribution in [2.24, 2.45) is 0 Å². The minimum Gasteiger partial charge on any atom is -0.353 e. The van der Waals surface area contributed by atoms with Crippen molar-refractivity contribution in [1.29, 1.82) is 10.8 Å². The van der Waals surface area contributed by atoms with E-state index < -0.39 is 0 Å². The zero-order valence-electron chi connectivity index (χ0n) is 11.4. The number of hydrogen-bond acceptors (Lipinski definition) is 2. The van der Waals surface area contributed by atoms with Crippen LogP contribution in [0.4, 0.5) is 0 Å². The standard InChI is InChI=1S/C14H19N5.ClH/c1-19(10-9-11-5-3-2-4-6-11)14(16)18-13(15)17-12-7-8-12;/h2-6,9-10,12H,7-8H2,1H3,(H4,15,16,17,18);1H. The Balaban J connectivity index is 0.00000200. The molecule has 6 heteroatoms. The zero-order chi connectivity index (χ0) is 13.7. The molecule has 0 radical (unpaired) electrons. The van der Waals surface area contributed by atoms with Crippen LogP contribution in [-0.4, -0.2) is 29.9 Å². The molecule has 1 fully saturated rings. The minimum atomic E-state index is 0. The summed E-state index contributed by atoms with van der Waals surface area (Å²) in [5, 5.41) is 21.2. The molecule has 0 aromatic heterocycles. The Morgan fingerprint density at radius 3 is 2.50 bits per heavy atom. The Kier molecular flexibility index (Phi) is 6.06. The summed E-state index contributed by atoms with van der Waals surface area (Å²) < 4.78 is 0. The van der Waals surface area contributed by atoms with Crippen molar-refractivity contribution in [3.05, 3.63) is 42.1 Å². The molecule has 1 aliphatic rings. The average molecular weight is 294 g/mol. The van der Waals surface area contributed by atoms with E-state index in [2.05, 4.69) is 10.6 Å². The van der Waals surface area contributed by atoms with Gasteiger partial charge in [-0.2, -0.15) is 0 Å². The lowest BCUT2D eigenvalue weighted by molar-refractivity contribution is 0.660. The van der Waals surface area contributed by atoms with Gasteiger partial charge in [0.25, 0.3) is 0 Å². The van der Waals surface area contributed by atoms with Crippen molar-refractivity contribution in [1.82, 2.24) is 15.5 Å². The molecule has 0 saturated heterocycles. The third-order valence-corrected chi connectivity index (χ3v) is 2.81. The second-order valence-corrected chi connectivity index (χ2v) is 4.60. The lowest BCUT2D eigenvalue weighted by Gasteiger charge is -2.17. The molecule has 0 amide bonds. The van der Waals surface area contributed by atoms with E-state index in [1.54, 1.807) is 18.1 Å². The molecule has 0 unspecified atom stereocenters. The summed E-state index contributed by atoms with van der Waals surface area (Å²) in [7, 11) is 1.78. The third-order valence-electron chi connectivity index (χ3n) is 2.81. The van der Waals surface area contributed by atoms with Gasteiger partial charge in [-0.3, -0.25) is 16.1 Å². The van der Waals surface area contributed by atoms with Crippen molar-refractivity contribution in [3.63, 3.8) is 0 Å². The van der Waals surface area contributed by atoms with Crippen LogP contribution in [0.2, 0.25) is 0 Å². The maximum Gasteiger partial charge on any atom is 0.201 e. The molecule has 1 aromatic rings. The van der Waals surface area contributed by atoms with E-state index in [-0.39, 0.29) is 24.3 Å². The SMILES string of the molecule is CN(C=Cc1ccccc1)C(=N)NC(=N)NC1CC1.Cl. The number of guanidine groups is 2. The molecule has 2 rings (SSSR count). The average Bonchev–Trinajstić information content (AvgIpc) is 3.20. The van der Waals surface area contributed by atoms with Gasteiger partial charge in [-0.1, -0.05) is 30.3 Å². The van der Waals surface area contributed by atoms with Gasteiger partial charge in [0.1, 0.15) is 0 Å². The monoisotopic (exact) mass is 293 g/mol. The first-order chi connectivity index (χ1) is 9.15. The molecule has 1 aromatic carbocycles. The van der Waals surface area contributed by atoms with Crippen LogP contribution in [0.1, 0.15) is 18.4 Å². The molecule has 4 N–H and O–H groups in total. The number of halogens is 1. The highest BCUT2D eigenvalue weighted by atomic mass is 35.5. The molecule has 1 aliphatic carbocycles. The van der Waals surface area contributed by atoms with Gasteiger partial charge in [0.15, 0.2) is 5.96 Å². The van der Waals surface area contributed by atoms with Crippen molar-refractivity contribution in [2.45, 2.75) is 18.9 Å². The molecule has 5 nitrogen and oxygen atoms in total. The maximum atomic E-state index is 7.84. The highest BCUT2D eigenvalue weighted by molar-refractivity contribution is 5.96. The smallest absolute Gasteiger partial charge is 0.201 e. The normalized spacial score (nSPS) is 13.4. The van der Waals surface area contributed by atoms with Crippen molar-refractivity contribution < 1.29 is 0 Å². The van der Waals surface area contributed by atoms with E-state index in [0.29, 0.717) is 6.04 Å². The second-order valence-electron chi connectivity index (χ2n) is 4.60. The molecule has 0 spiro atoms. The number of hydrogen-bond donors (Lipinski definition) is 4. The third kappa shape index (κ3) is 5.32. The highest BCUT2D eigenvalue weighted by Gasteiger charge is 2.22. The summed E-state index contributed by atoms with van der Waals surface area (Å²) in [5.74, 6) is 0.359. The van der Waals surface area contributed by atoms with E-state index in [9.17, 15) is 0 Å². The van der Waals surface area contributed by atoms with Crippen LogP contribution in [0.15, 0.2) is 36.5 Å². The first kappa shape index (κ1) is 16.0. The van der Waals surface area contributed by atoms with Gasteiger partial charge in [0, 0.05) is 19.3 Å². The summed E-state index contributed by atoms with van der Waals surface area (Å²) >= 11 is 0. The molecule has 20 heavy (non-hydrogen) atoms. The van der Waals surface area contributed by atoms with E-state index in [1.165, 1.54) is 0 Å². The minimum absolute atomic E-state index is 0. The maximum absolute atomic E-state index is 7.84. The molecule has 0 aliphatic heterocycles. The van der Waals surface area contributed by atoms with E-state index in [0.717, 1.165) is 18.4 Å². The summed E-state index contributed by atoms with van der Waals surface area (Å²) in [6.45, 7) is 0. The second kappa shape index (κ2) is 7.55. The number of nitrogens with zero attached hydrogens (tertiary/aromatic N) is 1. The molecule has 0 atom stereocenters. The van der Waals surface area contributed by atoms with Crippen LogP contribution in [0, 0.1) is 10.8 Å². The van der Waals surface area contributed by atoms with Crippen molar-refractivity contribution in [3.8, 4) is 0 Å².